The van der Waals surface area contributed by atoms with Crippen LogP contribution in [0.3, 0.4) is 0 Å². The highest BCUT2D eigenvalue weighted by molar-refractivity contribution is 5.36. The van der Waals surface area contributed by atoms with Crippen molar-refractivity contribution in [2.24, 2.45) is 5.73 Å². The first-order valence-corrected chi connectivity index (χ1v) is 6.41. The van der Waals surface area contributed by atoms with Gasteiger partial charge in [0.25, 0.3) is 0 Å². The molecule has 2 unspecified atom stereocenters. The summed E-state index contributed by atoms with van der Waals surface area (Å²) in [5.41, 5.74) is 8.65. The van der Waals surface area contributed by atoms with Gasteiger partial charge in [-0.3, -0.25) is 0 Å². The lowest BCUT2D eigenvalue weighted by Crippen LogP contribution is -2.20. The summed E-state index contributed by atoms with van der Waals surface area (Å²) in [6, 6.07) is 8.63. The molecule has 0 aromatic heterocycles. The topological polar surface area (TPSA) is 35.2 Å². The summed E-state index contributed by atoms with van der Waals surface area (Å²) in [4.78, 5) is 0. The van der Waals surface area contributed by atoms with Crippen LogP contribution in [0.15, 0.2) is 42.5 Å². The van der Waals surface area contributed by atoms with Crippen molar-refractivity contribution >= 4 is 0 Å². The number of hydrogen-bond donors (Lipinski definition) is 1. The number of allylic oxidation sites excluding steroid dienone is 2. The van der Waals surface area contributed by atoms with Gasteiger partial charge in [-0.25, -0.2) is 0 Å². The molecule has 1 radical (unpaired) electrons. The van der Waals surface area contributed by atoms with Crippen LogP contribution < -0.4 is 5.73 Å². The molecule has 0 amide bonds. The first-order valence-electron chi connectivity index (χ1n) is 6.41. The molecule has 18 heavy (non-hydrogen) atoms. The largest absolute Gasteiger partial charge is 0.376 e. The zero-order valence-electron chi connectivity index (χ0n) is 10.6. The summed E-state index contributed by atoms with van der Waals surface area (Å²) in [7, 11) is 1.74. The molecule has 2 heteroatoms. The minimum absolute atomic E-state index is 0.0480. The van der Waals surface area contributed by atoms with Gasteiger partial charge in [-0.2, -0.15) is 0 Å². The lowest BCUT2D eigenvalue weighted by molar-refractivity contribution is 0.128. The molecule has 1 fully saturated rings. The molecule has 2 aliphatic rings. The molecular formula is C16H18NO. The summed E-state index contributed by atoms with van der Waals surface area (Å²) in [6.45, 7) is 0. The average molecular weight is 240 g/mol. The molecule has 2 aliphatic carbocycles. The Balaban J connectivity index is 1.84. The number of nitrogens with two attached hydrogens (primary N) is 1. The smallest absolute Gasteiger partial charge is 0.0858 e. The highest BCUT2D eigenvalue weighted by Gasteiger charge is 2.39. The third-order valence-corrected chi connectivity index (χ3v) is 3.94. The number of methoxy groups -OCH3 is 1. The van der Waals surface area contributed by atoms with Crippen LogP contribution in [0, 0.1) is 6.08 Å². The van der Waals surface area contributed by atoms with E-state index in [-0.39, 0.29) is 17.6 Å². The van der Waals surface area contributed by atoms with Crippen LogP contribution in [0.2, 0.25) is 0 Å². The van der Waals surface area contributed by atoms with E-state index in [0.29, 0.717) is 0 Å². The lowest BCUT2D eigenvalue weighted by Gasteiger charge is -2.23. The average Bonchev–Trinajstić information content (AvgIpc) is 3.18. The molecule has 0 bridgehead atoms. The van der Waals surface area contributed by atoms with Gasteiger partial charge in [-0.15, -0.1) is 0 Å². The summed E-state index contributed by atoms with van der Waals surface area (Å²) in [5, 5.41) is 0. The second-order valence-electron chi connectivity index (χ2n) is 5.20. The second kappa shape index (κ2) is 4.38. The molecule has 0 aliphatic heterocycles. The maximum Gasteiger partial charge on any atom is 0.0858 e. The van der Waals surface area contributed by atoms with Gasteiger partial charge < -0.3 is 10.5 Å². The molecular weight excluding hydrogens is 222 g/mol. The van der Waals surface area contributed by atoms with Crippen LogP contribution in [0.1, 0.15) is 29.9 Å². The third kappa shape index (κ3) is 2.02. The van der Waals surface area contributed by atoms with Gasteiger partial charge >= 0.3 is 0 Å². The van der Waals surface area contributed by atoms with Gasteiger partial charge in [0.15, 0.2) is 0 Å². The van der Waals surface area contributed by atoms with Crippen LogP contribution >= 0.6 is 0 Å². The standard InChI is InChI=1S/C16H18NO/c1-18-15-5-3-2-4-14(15)12-6-8-13(9-7-12)16(17)10-11-16/h3-9,14-15H,10-11,17H2,1H3. The fourth-order valence-electron chi connectivity index (χ4n) is 2.50. The highest BCUT2D eigenvalue weighted by atomic mass is 16.5. The third-order valence-electron chi connectivity index (χ3n) is 3.94. The number of benzene rings is 1. The predicted octanol–water partition coefficient (Wildman–Crippen LogP) is 2.66. The predicted molar refractivity (Wildman–Crippen MR) is 72.0 cm³/mol. The van der Waals surface area contributed by atoms with Gasteiger partial charge in [0.2, 0.25) is 0 Å². The highest BCUT2D eigenvalue weighted by Crippen LogP contribution is 2.43. The number of hydrogen-bond acceptors (Lipinski definition) is 2. The van der Waals surface area contributed by atoms with Crippen LogP contribution in [-0.4, -0.2) is 13.2 Å². The van der Waals surface area contributed by atoms with Crippen molar-refractivity contribution in [2.75, 3.05) is 7.11 Å². The van der Waals surface area contributed by atoms with Gasteiger partial charge in [0, 0.05) is 18.6 Å². The van der Waals surface area contributed by atoms with E-state index in [9.17, 15) is 0 Å². The van der Waals surface area contributed by atoms with E-state index < -0.39 is 0 Å². The minimum Gasteiger partial charge on any atom is -0.376 e. The molecule has 2 N–H and O–H groups in total. The molecule has 2 atom stereocenters. The van der Waals surface area contributed by atoms with Crippen LogP contribution in [0.5, 0.6) is 0 Å². The molecule has 1 aromatic carbocycles. The van der Waals surface area contributed by atoms with E-state index in [1.54, 1.807) is 7.11 Å². The van der Waals surface area contributed by atoms with Gasteiger partial charge in [-0.1, -0.05) is 42.5 Å². The van der Waals surface area contributed by atoms with Gasteiger partial charge in [-0.05, 0) is 30.0 Å². The lowest BCUT2D eigenvalue weighted by atomic mass is 9.89. The Bertz CT molecular complexity index is 482. The van der Waals surface area contributed by atoms with Crippen molar-refractivity contribution < 1.29 is 4.74 Å². The molecule has 3 rings (SSSR count). The zero-order valence-corrected chi connectivity index (χ0v) is 10.6. The van der Waals surface area contributed by atoms with E-state index in [1.807, 2.05) is 12.2 Å². The van der Waals surface area contributed by atoms with E-state index in [2.05, 4.69) is 36.4 Å². The summed E-state index contributed by atoms with van der Waals surface area (Å²) < 4.78 is 5.49. The Morgan fingerprint density at radius 3 is 2.61 bits per heavy atom. The molecule has 0 spiro atoms. The minimum atomic E-state index is -0.0480. The van der Waals surface area contributed by atoms with Crippen molar-refractivity contribution in [3.8, 4) is 0 Å². The molecule has 2 nitrogen and oxygen atoms in total. The summed E-state index contributed by atoms with van der Waals surface area (Å²) >= 11 is 0. The van der Waals surface area contributed by atoms with Crippen molar-refractivity contribution in [1.29, 1.82) is 0 Å². The van der Waals surface area contributed by atoms with Crippen molar-refractivity contribution in [3.05, 3.63) is 59.7 Å². The molecule has 93 valence electrons. The van der Waals surface area contributed by atoms with Gasteiger partial charge in [0.05, 0.1) is 6.10 Å². The Morgan fingerprint density at radius 2 is 2.00 bits per heavy atom. The van der Waals surface area contributed by atoms with Crippen LogP contribution in [-0.2, 0) is 10.3 Å². The normalized spacial score (nSPS) is 28.3. The van der Waals surface area contributed by atoms with Crippen LogP contribution in [0.4, 0.5) is 0 Å². The second-order valence-corrected chi connectivity index (χ2v) is 5.20. The van der Waals surface area contributed by atoms with Crippen molar-refractivity contribution in [1.82, 2.24) is 0 Å². The number of rotatable bonds is 3. The first-order chi connectivity index (χ1) is 8.73. The maximum atomic E-state index is 6.19. The molecule has 1 aromatic rings. The molecule has 1 saturated carbocycles. The van der Waals surface area contributed by atoms with Gasteiger partial charge in [0.1, 0.15) is 0 Å². The maximum absolute atomic E-state index is 6.19. The Labute approximate surface area is 108 Å². The fourth-order valence-corrected chi connectivity index (χ4v) is 2.50. The summed E-state index contributed by atoms with van der Waals surface area (Å²) in [5.74, 6) is 0.252. The SMILES string of the molecule is COC1C=C[C]=CC1c1ccc(C2(N)CC2)cc1. The van der Waals surface area contributed by atoms with E-state index in [4.69, 9.17) is 10.5 Å². The number of ether oxygens (including phenoxy) is 1. The Morgan fingerprint density at radius 1 is 1.28 bits per heavy atom. The van der Waals surface area contributed by atoms with Crippen LogP contribution in [0.25, 0.3) is 0 Å². The summed E-state index contributed by atoms with van der Waals surface area (Å²) in [6.07, 6.45) is 11.5. The first kappa shape index (κ1) is 11.7. The molecule has 0 heterocycles. The van der Waals surface area contributed by atoms with Crippen molar-refractivity contribution in [2.45, 2.75) is 30.4 Å². The van der Waals surface area contributed by atoms with E-state index in [1.165, 1.54) is 11.1 Å². The van der Waals surface area contributed by atoms with E-state index in [0.717, 1.165) is 12.8 Å². The monoisotopic (exact) mass is 240 g/mol. The fraction of sp³-hybridized carbons (Fsp3) is 0.375. The van der Waals surface area contributed by atoms with Crippen molar-refractivity contribution in [3.63, 3.8) is 0 Å². The Hall–Kier alpha value is -1.38. The quantitative estimate of drug-likeness (QED) is 0.881. The molecule has 0 saturated heterocycles. The Kier molecular flexibility index (Phi) is 2.84. The zero-order chi connectivity index (χ0) is 12.6. The van der Waals surface area contributed by atoms with E-state index >= 15 is 0 Å².